The maximum atomic E-state index is 11.8. The summed E-state index contributed by atoms with van der Waals surface area (Å²) in [5.74, 6) is 0.223. The lowest BCUT2D eigenvalue weighted by atomic mass is 10.0. The topological polar surface area (TPSA) is 22.0 Å². The Labute approximate surface area is 112 Å². The number of carbonyl (C=O) groups excluding carboxylic acids is 1. The summed E-state index contributed by atoms with van der Waals surface area (Å²) in [5, 5.41) is 0.738. The first-order valence-electron chi connectivity index (χ1n) is 6.00. The van der Waals surface area contributed by atoms with E-state index in [0.29, 0.717) is 0 Å². The molecule has 18 heavy (non-hydrogen) atoms. The normalized spacial score (nSPS) is 10.9. The molecule has 0 radical (unpaired) electrons. The summed E-state index contributed by atoms with van der Waals surface area (Å²) in [5.41, 5.74) is 1.94. The molecule has 0 unspecified atom stereocenters. The Morgan fingerprint density at radius 1 is 1.22 bits per heavy atom. The van der Waals surface area contributed by atoms with Crippen molar-refractivity contribution in [3.8, 4) is 0 Å². The van der Waals surface area contributed by atoms with Gasteiger partial charge in [0.1, 0.15) is 0 Å². The average molecular weight is 262 g/mol. The Bertz CT molecular complexity index is 540. The van der Waals surface area contributed by atoms with Crippen molar-refractivity contribution in [2.45, 2.75) is 20.4 Å². The Morgan fingerprint density at radius 3 is 2.50 bits per heavy atom. The lowest BCUT2D eigenvalue weighted by Gasteiger charge is -2.04. The lowest BCUT2D eigenvalue weighted by molar-refractivity contribution is 0.0939. The molecule has 1 aromatic carbocycles. The van der Waals surface area contributed by atoms with E-state index in [2.05, 4.69) is 0 Å². The van der Waals surface area contributed by atoms with Crippen LogP contribution in [0.4, 0.5) is 0 Å². The van der Waals surface area contributed by atoms with Gasteiger partial charge in [-0.1, -0.05) is 37.6 Å². The summed E-state index contributed by atoms with van der Waals surface area (Å²) in [7, 11) is 0. The zero-order valence-electron chi connectivity index (χ0n) is 10.6. The number of halogens is 1. The maximum Gasteiger partial charge on any atom is 0.166 e. The average Bonchev–Trinajstić information content (AvgIpc) is 2.79. The van der Waals surface area contributed by atoms with E-state index in [-0.39, 0.29) is 11.7 Å². The van der Waals surface area contributed by atoms with Gasteiger partial charge in [-0.25, -0.2) is 0 Å². The lowest BCUT2D eigenvalue weighted by Crippen LogP contribution is -2.06. The summed E-state index contributed by atoms with van der Waals surface area (Å²) < 4.78 is 2.01. The molecule has 0 spiro atoms. The van der Waals surface area contributed by atoms with Gasteiger partial charge in [-0.3, -0.25) is 4.79 Å². The monoisotopic (exact) mass is 261 g/mol. The van der Waals surface area contributed by atoms with Crippen molar-refractivity contribution in [3.63, 3.8) is 0 Å². The number of rotatable bonds is 4. The van der Waals surface area contributed by atoms with Crippen LogP contribution in [0.2, 0.25) is 5.02 Å². The Hall–Kier alpha value is -1.54. The van der Waals surface area contributed by atoms with Gasteiger partial charge in [0.25, 0.3) is 0 Å². The predicted octanol–water partition coefficient (Wildman–Crippen LogP) is 4.03. The molecule has 0 saturated heterocycles. The van der Waals surface area contributed by atoms with Gasteiger partial charge in [-0.15, -0.1) is 0 Å². The van der Waals surface area contributed by atoms with Crippen LogP contribution in [0.25, 0.3) is 0 Å². The number of hydrogen-bond acceptors (Lipinski definition) is 1. The maximum absolute atomic E-state index is 11.8. The molecule has 0 fully saturated rings. The number of benzene rings is 1. The van der Waals surface area contributed by atoms with Crippen LogP contribution in [0.5, 0.6) is 0 Å². The first kappa shape index (κ1) is 12.9. The molecule has 1 heterocycles. The summed E-state index contributed by atoms with van der Waals surface area (Å²) in [6, 6.07) is 9.61. The highest BCUT2D eigenvalue weighted by molar-refractivity contribution is 6.30. The number of hydrogen-bond donors (Lipinski definition) is 0. The molecule has 3 heteroatoms. The fourth-order valence-corrected chi connectivity index (χ4v) is 1.94. The highest BCUT2D eigenvalue weighted by atomic mass is 35.5. The van der Waals surface area contributed by atoms with Crippen molar-refractivity contribution < 1.29 is 4.79 Å². The van der Waals surface area contributed by atoms with Crippen molar-refractivity contribution in [1.82, 2.24) is 4.57 Å². The number of carbonyl (C=O) groups is 1. The van der Waals surface area contributed by atoms with Crippen LogP contribution in [0.3, 0.4) is 0 Å². The summed E-state index contributed by atoms with van der Waals surface area (Å²) in [6.07, 6.45) is 3.83. The third-order valence-electron chi connectivity index (χ3n) is 2.84. The molecule has 0 N–H and O–H groups in total. The smallest absolute Gasteiger partial charge is 0.166 e. The van der Waals surface area contributed by atoms with E-state index in [4.69, 9.17) is 11.6 Å². The van der Waals surface area contributed by atoms with Gasteiger partial charge in [0.15, 0.2) is 5.78 Å². The molecular weight excluding hydrogens is 246 g/mol. The van der Waals surface area contributed by atoms with Crippen LogP contribution in [0.15, 0.2) is 42.7 Å². The second-order valence-electron chi connectivity index (χ2n) is 4.72. The molecule has 0 aliphatic carbocycles. The van der Waals surface area contributed by atoms with Crippen LogP contribution in [-0.4, -0.2) is 10.4 Å². The van der Waals surface area contributed by atoms with Gasteiger partial charge < -0.3 is 4.57 Å². The van der Waals surface area contributed by atoms with Gasteiger partial charge in [-0.2, -0.15) is 0 Å². The third kappa shape index (κ3) is 3.02. The largest absolute Gasteiger partial charge is 0.349 e. The van der Waals surface area contributed by atoms with Crippen LogP contribution in [0, 0.1) is 5.92 Å². The fraction of sp³-hybridized carbons (Fsp3) is 0.267. The summed E-state index contributed by atoms with van der Waals surface area (Å²) >= 11 is 5.84. The number of Topliss-reactive ketones (excluding diaryl/α,β-unsaturated/α-hetero) is 1. The number of aromatic nitrogens is 1. The third-order valence-corrected chi connectivity index (χ3v) is 3.09. The summed E-state index contributed by atoms with van der Waals surface area (Å²) in [6.45, 7) is 4.58. The second-order valence-corrected chi connectivity index (χ2v) is 5.15. The molecule has 2 rings (SSSR count). The van der Waals surface area contributed by atoms with Gasteiger partial charge in [0, 0.05) is 35.4 Å². The van der Waals surface area contributed by atoms with E-state index in [9.17, 15) is 4.79 Å². The van der Waals surface area contributed by atoms with Crippen LogP contribution in [0.1, 0.15) is 29.8 Å². The van der Waals surface area contributed by atoms with Crippen molar-refractivity contribution in [3.05, 3.63) is 58.9 Å². The second kappa shape index (κ2) is 5.40. The molecule has 0 bridgehead atoms. The minimum atomic E-state index is 0.0383. The molecule has 94 valence electrons. The molecule has 2 nitrogen and oxygen atoms in total. The molecule has 0 amide bonds. The quantitative estimate of drug-likeness (QED) is 0.762. The van der Waals surface area contributed by atoms with Crippen molar-refractivity contribution in [2.24, 2.45) is 5.92 Å². The van der Waals surface area contributed by atoms with E-state index in [1.165, 1.54) is 5.56 Å². The van der Waals surface area contributed by atoms with Crippen molar-refractivity contribution in [1.29, 1.82) is 0 Å². The van der Waals surface area contributed by atoms with E-state index in [0.717, 1.165) is 17.1 Å². The summed E-state index contributed by atoms with van der Waals surface area (Å²) in [4.78, 5) is 11.8. The minimum absolute atomic E-state index is 0.0383. The Morgan fingerprint density at radius 2 is 1.89 bits per heavy atom. The highest BCUT2D eigenvalue weighted by Crippen LogP contribution is 2.13. The molecule has 0 atom stereocenters. The van der Waals surface area contributed by atoms with Crippen LogP contribution in [-0.2, 0) is 6.54 Å². The number of nitrogens with zero attached hydrogens (tertiary/aromatic N) is 1. The first-order chi connectivity index (χ1) is 8.56. The van der Waals surface area contributed by atoms with Gasteiger partial charge in [-0.05, 0) is 23.8 Å². The van der Waals surface area contributed by atoms with Crippen molar-refractivity contribution >= 4 is 17.4 Å². The van der Waals surface area contributed by atoms with Gasteiger partial charge >= 0.3 is 0 Å². The first-order valence-corrected chi connectivity index (χ1v) is 6.38. The molecular formula is C15H16ClNO. The zero-order chi connectivity index (χ0) is 13.1. The number of ketones is 1. The molecule has 0 aliphatic heterocycles. The van der Waals surface area contributed by atoms with E-state index in [1.807, 2.05) is 61.1 Å². The minimum Gasteiger partial charge on any atom is -0.349 e. The van der Waals surface area contributed by atoms with Gasteiger partial charge in [0.05, 0.1) is 0 Å². The Balaban J connectivity index is 2.11. The molecule has 0 aliphatic rings. The molecule has 0 saturated carbocycles. The van der Waals surface area contributed by atoms with E-state index in [1.54, 1.807) is 0 Å². The predicted molar refractivity (Wildman–Crippen MR) is 74.2 cm³/mol. The van der Waals surface area contributed by atoms with Gasteiger partial charge in [0.2, 0.25) is 0 Å². The zero-order valence-corrected chi connectivity index (χ0v) is 11.3. The van der Waals surface area contributed by atoms with Crippen molar-refractivity contribution in [2.75, 3.05) is 0 Å². The van der Waals surface area contributed by atoms with Crippen LogP contribution >= 0.6 is 11.6 Å². The highest BCUT2D eigenvalue weighted by Gasteiger charge is 2.11. The van der Waals surface area contributed by atoms with E-state index < -0.39 is 0 Å². The molecule has 1 aromatic heterocycles. The Kier molecular flexibility index (Phi) is 3.87. The molecule has 2 aromatic rings. The van der Waals surface area contributed by atoms with E-state index >= 15 is 0 Å². The standard InChI is InChI=1S/C15H16ClNO/c1-11(2)15(18)13-7-8-17(10-13)9-12-3-5-14(16)6-4-12/h3-8,10-11H,9H2,1-2H3. The van der Waals surface area contributed by atoms with Crippen LogP contribution < -0.4 is 0 Å². The SMILES string of the molecule is CC(C)C(=O)c1ccn(Cc2ccc(Cl)cc2)c1. The fourth-order valence-electron chi connectivity index (χ4n) is 1.82.